The Kier molecular flexibility index (Phi) is 10.9. The molecule has 0 bridgehead atoms. The number of hydrogen-bond acceptors (Lipinski definition) is 8. The standard InChI is InChI=1S/C31H36O6S2/c1-5-33-21-37-31-20-39-17-26(31)24-15-22(3)9-11-28(24)35-13-7-8-14-36-29-12-10-23(32-4)16-25(29)27-18-38-19-30(27)34-6-2/h9-12,15-20H,5-8,13-14,21H2,1-4H3. The van der Waals surface area contributed by atoms with Crippen LogP contribution >= 0.6 is 22.7 Å². The molecule has 0 saturated heterocycles. The quantitative estimate of drug-likeness (QED) is 0.0998. The van der Waals surface area contributed by atoms with Crippen LogP contribution in [0.2, 0.25) is 0 Å². The van der Waals surface area contributed by atoms with Gasteiger partial charge < -0.3 is 28.4 Å². The molecule has 8 heteroatoms. The molecular formula is C31H36O6S2. The molecule has 2 aromatic carbocycles. The molecule has 2 heterocycles. The van der Waals surface area contributed by atoms with E-state index in [-0.39, 0.29) is 6.79 Å². The SMILES string of the molecule is CCOCOc1cscc1-c1cc(C)ccc1OCCCCOc1ccc(OC)cc1-c1cscc1OCC. The van der Waals surface area contributed by atoms with Crippen molar-refractivity contribution in [2.24, 2.45) is 0 Å². The van der Waals surface area contributed by atoms with E-state index in [9.17, 15) is 0 Å². The summed E-state index contributed by atoms with van der Waals surface area (Å²) in [6, 6.07) is 12.1. The number of ether oxygens (including phenoxy) is 6. The van der Waals surface area contributed by atoms with Crippen molar-refractivity contribution >= 4 is 22.7 Å². The van der Waals surface area contributed by atoms with Crippen LogP contribution in [0.25, 0.3) is 22.3 Å². The van der Waals surface area contributed by atoms with E-state index in [1.807, 2.05) is 48.9 Å². The number of unbranched alkanes of at least 4 members (excludes halogenated alkanes) is 1. The lowest BCUT2D eigenvalue weighted by Crippen LogP contribution is -2.05. The van der Waals surface area contributed by atoms with Crippen LogP contribution < -0.4 is 23.7 Å². The molecule has 0 atom stereocenters. The number of thiophene rings is 2. The first-order valence-electron chi connectivity index (χ1n) is 13.1. The maximum atomic E-state index is 6.24. The van der Waals surface area contributed by atoms with Gasteiger partial charge in [0.05, 0.1) is 26.9 Å². The summed E-state index contributed by atoms with van der Waals surface area (Å²) in [6.45, 7) is 8.65. The van der Waals surface area contributed by atoms with Crippen molar-refractivity contribution < 1.29 is 28.4 Å². The Bertz CT molecular complexity index is 1310. The second-order valence-corrected chi connectivity index (χ2v) is 10.2. The van der Waals surface area contributed by atoms with Gasteiger partial charge in [0.2, 0.25) is 0 Å². The Balaban J connectivity index is 1.35. The van der Waals surface area contributed by atoms with Crippen LogP contribution in [0.4, 0.5) is 0 Å². The molecule has 4 aromatic rings. The van der Waals surface area contributed by atoms with Crippen LogP contribution in [-0.4, -0.2) is 40.3 Å². The van der Waals surface area contributed by atoms with Crippen LogP contribution in [0.3, 0.4) is 0 Å². The van der Waals surface area contributed by atoms with Gasteiger partial charge in [-0.15, -0.1) is 22.7 Å². The van der Waals surface area contributed by atoms with Gasteiger partial charge in [0, 0.05) is 50.4 Å². The third-order valence-corrected chi connectivity index (χ3v) is 7.45. The second kappa shape index (κ2) is 14.8. The van der Waals surface area contributed by atoms with Crippen molar-refractivity contribution in [1.29, 1.82) is 0 Å². The van der Waals surface area contributed by atoms with Gasteiger partial charge in [0.25, 0.3) is 0 Å². The Morgan fingerprint density at radius 1 is 0.615 bits per heavy atom. The Morgan fingerprint density at radius 3 is 1.85 bits per heavy atom. The van der Waals surface area contributed by atoms with Crippen molar-refractivity contribution in [1.82, 2.24) is 0 Å². The lowest BCUT2D eigenvalue weighted by atomic mass is 10.0. The molecule has 0 spiro atoms. The highest BCUT2D eigenvalue weighted by atomic mass is 32.1. The maximum Gasteiger partial charge on any atom is 0.189 e. The van der Waals surface area contributed by atoms with E-state index in [1.165, 1.54) is 5.56 Å². The number of hydrogen-bond donors (Lipinski definition) is 0. The molecule has 0 fully saturated rings. The van der Waals surface area contributed by atoms with Crippen LogP contribution in [0.1, 0.15) is 32.3 Å². The smallest absolute Gasteiger partial charge is 0.189 e. The fourth-order valence-electron chi connectivity index (χ4n) is 4.05. The maximum absolute atomic E-state index is 6.24. The summed E-state index contributed by atoms with van der Waals surface area (Å²) in [7, 11) is 1.67. The van der Waals surface area contributed by atoms with Crippen molar-refractivity contribution in [2.75, 3.05) is 40.3 Å². The molecule has 0 aliphatic rings. The molecule has 0 saturated carbocycles. The van der Waals surface area contributed by atoms with Gasteiger partial charge >= 0.3 is 0 Å². The van der Waals surface area contributed by atoms with Crippen molar-refractivity contribution in [3.05, 3.63) is 63.5 Å². The largest absolute Gasteiger partial charge is 0.497 e. The number of benzene rings is 2. The average molecular weight is 569 g/mol. The van der Waals surface area contributed by atoms with Crippen LogP contribution in [0, 0.1) is 6.92 Å². The Hall–Kier alpha value is -3.20. The summed E-state index contributed by atoms with van der Waals surface area (Å²) < 4.78 is 34.9. The minimum absolute atomic E-state index is 0.234. The molecule has 39 heavy (non-hydrogen) atoms. The van der Waals surface area contributed by atoms with Gasteiger partial charge in [-0.2, -0.15) is 0 Å². The number of methoxy groups -OCH3 is 1. The number of aryl methyl sites for hydroxylation is 1. The average Bonchev–Trinajstić information content (AvgIpc) is 3.61. The molecular weight excluding hydrogens is 532 g/mol. The highest BCUT2D eigenvalue weighted by Crippen LogP contribution is 2.42. The molecule has 0 unspecified atom stereocenters. The fraction of sp³-hybridized carbons (Fsp3) is 0.355. The fourth-order valence-corrected chi connectivity index (χ4v) is 5.58. The van der Waals surface area contributed by atoms with Crippen molar-refractivity contribution in [3.63, 3.8) is 0 Å². The minimum Gasteiger partial charge on any atom is -0.497 e. The Morgan fingerprint density at radius 2 is 1.23 bits per heavy atom. The van der Waals surface area contributed by atoms with E-state index in [0.29, 0.717) is 26.4 Å². The molecule has 208 valence electrons. The first-order valence-corrected chi connectivity index (χ1v) is 15.0. The van der Waals surface area contributed by atoms with Gasteiger partial charge in [-0.05, 0) is 63.9 Å². The van der Waals surface area contributed by atoms with Crippen LogP contribution in [-0.2, 0) is 4.74 Å². The summed E-state index contributed by atoms with van der Waals surface area (Å²) in [6.07, 6.45) is 1.72. The van der Waals surface area contributed by atoms with Crippen molar-refractivity contribution in [2.45, 2.75) is 33.6 Å². The molecule has 6 nitrogen and oxygen atoms in total. The van der Waals surface area contributed by atoms with E-state index in [2.05, 4.69) is 29.8 Å². The van der Waals surface area contributed by atoms with Crippen molar-refractivity contribution in [3.8, 4) is 51.0 Å². The monoisotopic (exact) mass is 568 g/mol. The van der Waals surface area contributed by atoms with Crippen LogP contribution in [0.5, 0.6) is 28.7 Å². The predicted molar refractivity (Wildman–Crippen MR) is 159 cm³/mol. The molecule has 0 radical (unpaired) electrons. The van der Waals surface area contributed by atoms with E-state index in [0.717, 1.165) is 63.8 Å². The highest BCUT2D eigenvalue weighted by Gasteiger charge is 2.16. The minimum atomic E-state index is 0.234. The van der Waals surface area contributed by atoms with Gasteiger partial charge in [-0.25, -0.2) is 0 Å². The molecule has 4 rings (SSSR count). The molecule has 2 aromatic heterocycles. The third kappa shape index (κ3) is 7.68. The van der Waals surface area contributed by atoms with Gasteiger partial charge in [-0.3, -0.25) is 0 Å². The van der Waals surface area contributed by atoms with E-state index in [1.54, 1.807) is 29.8 Å². The zero-order valence-corrected chi connectivity index (χ0v) is 24.6. The van der Waals surface area contributed by atoms with E-state index < -0.39 is 0 Å². The third-order valence-electron chi connectivity index (χ3n) is 6.01. The first-order chi connectivity index (χ1) is 19.1. The predicted octanol–water partition coefficient (Wildman–Crippen LogP) is 8.47. The zero-order chi connectivity index (χ0) is 27.5. The lowest BCUT2D eigenvalue weighted by molar-refractivity contribution is 0.0230. The molecule has 0 aliphatic carbocycles. The van der Waals surface area contributed by atoms with Gasteiger partial charge in [-0.1, -0.05) is 11.6 Å². The molecule has 0 aliphatic heterocycles. The van der Waals surface area contributed by atoms with E-state index >= 15 is 0 Å². The summed E-state index contributed by atoms with van der Waals surface area (Å²) in [5.41, 5.74) is 5.21. The highest BCUT2D eigenvalue weighted by molar-refractivity contribution is 7.08. The van der Waals surface area contributed by atoms with E-state index in [4.69, 9.17) is 28.4 Å². The topological polar surface area (TPSA) is 55.4 Å². The second-order valence-electron chi connectivity index (χ2n) is 8.75. The summed E-state index contributed by atoms with van der Waals surface area (Å²) in [5, 5.41) is 8.19. The van der Waals surface area contributed by atoms with Crippen LogP contribution in [0.15, 0.2) is 57.9 Å². The molecule has 0 amide bonds. The Labute approximate surface area is 239 Å². The summed E-state index contributed by atoms with van der Waals surface area (Å²) >= 11 is 3.22. The summed E-state index contributed by atoms with van der Waals surface area (Å²) in [4.78, 5) is 0. The van der Waals surface area contributed by atoms with Gasteiger partial charge in [0.1, 0.15) is 28.7 Å². The zero-order valence-electron chi connectivity index (χ0n) is 23.0. The molecule has 0 N–H and O–H groups in total. The normalized spacial score (nSPS) is 10.9. The lowest BCUT2D eigenvalue weighted by Gasteiger charge is -2.15. The first kappa shape index (κ1) is 28.8. The van der Waals surface area contributed by atoms with Gasteiger partial charge in [0.15, 0.2) is 6.79 Å². The summed E-state index contributed by atoms with van der Waals surface area (Å²) in [5.74, 6) is 4.12. The number of rotatable bonds is 16.